The van der Waals surface area contributed by atoms with E-state index in [0.717, 1.165) is 25.7 Å². The molecule has 134 valence electrons. The lowest BCUT2D eigenvalue weighted by molar-refractivity contribution is 0.524. The molecular weight excluding hydrogens is 308 g/mol. The molecule has 0 aliphatic carbocycles. The van der Waals surface area contributed by atoms with Crippen LogP contribution in [0.2, 0.25) is 0 Å². The van der Waals surface area contributed by atoms with Crippen LogP contribution in [0, 0.1) is 5.92 Å². The van der Waals surface area contributed by atoms with Crippen molar-refractivity contribution in [3.8, 4) is 0 Å². The normalized spacial score (nSPS) is 14.5. The van der Waals surface area contributed by atoms with Gasteiger partial charge in [-0.3, -0.25) is 0 Å². The Kier molecular flexibility index (Phi) is 10.2. The van der Waals surface area contributed by atoms with E-state index in [9.17, 15) is 0 Å². The van der Waals surface area contributed by atoms with Gasteiger partial charge >= 0.3 is 0 Å². The molecule has 1 rings (SSSR count). The molecule has 2 unspecified atom stereocenters. The average Bonchev–Trinajstić information content (AvgIpc) is 2.62. The Morgan fingerprint density at radius 3 is 2.38 bits per heavy atom. The summed E-state index contributed by atoms with van der Waals surface area (Å²) in [5.41, 5.74) is 4.60. The first-order chi connectivity index (χ1) is 11.6. The second kappa shape index (κ2) is 11.6. The van der Waals surface area contributed by atoms with E-state index >= 15 is 0 Å². The Morgan fingerprint density at radius 1 is 1.12 bits per heavy atom. The second-order valence-electron chi connectivity index (χ2n) is 6.40. The van der Waals surface area contributed by atoms with Crippen LogP contribution in [0.5, 0.6) is 0 Å². The van der Waals surface area contributed by atoms with Crippen molar-refractivity contribution < 1.29 is 0 Å². The van der Waals surface area contributed by atoms with Gasteiger partial charge in [-0.25, -0.2) is 0 Å². The number of benzene rings is 1. The molecule has 0 heterocycles. The van der Waals surface area contributed by atoms with Gasteiger partial charge in [0.2, 0.25) is 0 Å². The summed E-state index contributed by atoms with van der Waals surface area (Å²) in [6, 6.07) is 9.03. The van der Waals surface area contributed by atoms with Gasteiger partial charge in [-0.1, -0.05) is 77.1 Å². The molecule has 0 saturated heterocycles. The second-order valence-corrected chi connectivity index (χ2v) is 7.62. The number of aryl methyl sites for hydroxylation is 1. The summed E-state index contributed by atoms with van der Waals surface area (Å²) in [7, 11) is 0. The highest BCUT2D eigenvalue weighted by atomic mass is 32.2. The van der Waals surface area contributed by atoms with Crippen LogP contribution in [0.25, 0.3) is 0 Å². The van der Waals surface area contributed by atoms with E-state index in [4.69, 9.17) is 0 Å². The van der Waals surface area contributed by atoms with Crippen LogP contribution in [-0.2, 0) is 6.42 Å². The molecule has 0 bridgehead atoms. The highest BCUT2D eigenvalue weighted by Crippen LogP contribution is 2.43. The van der Waals surface area contributed by atoms with Crippen molar-refractivity contribution in [3.05, 3.63) is 58.5 Å². The summed E-state index contributed by atoms with van der Waals surface area (Å²) >= 11 is 1.97. The summed E-state index contributed by atoms with van der Waals surface area (Å²) < 4.78 is 0. The SMILES string of the molecule is C=C(SCCC)C(CC)C(/C(=C\CC)CC)c1ccccc1CC. The summed E-state index contributed by atoms with van der Waals surface area (Å²) in [6.45, 7) is 15.9. The number of hydrogen-bond acceptors (Lipinski definition) is 1. The predicted octanol–water partition coefficient (Wildman–Crippen LogP) is 7.76. The molecule has 24 heavy (non-hydrogen) atoms. The fraction of sp³-hybridized carbons (Fsp3) is 0.565. The fourth-order valence-electron chi connectivity index (χ4n) is 3.58. The minimum absolute atomic E-state index is 0.480. The number of allylic oxidation sites excluding steroid dienone is 3. The first kappa shape index (κ1) is 21.1. The van der Waals surface area contributed by atoms with Crippen LogP contribution in [0.3, 0.4) is 0 Å². The number of thioether (sulfide) groups is 1. The number of hydrogen-bond donors (Lipinski definition) is 0. The standard InChI is InChI=1S/C23H36S/c1-7-14-20(10-4)23(21(11-5)18(6)24-17-8-2)22-16-13-12-15-19(22)9-3/h12-16,21,23H,6-11,17H2,1-5H3/b20-14-. The summed E-state index contributed by atoms with van der Waals surface area (Å²) in [6.07, 6.45) is 8.15. The van der Waals surface area contributed by atoms with Crippen molar-refractivity contribution in [1.29, 1.82) is 0 Å². The summed E-state index contributed by atoms with van der Waals surface area (Å²) in [4.78, 5) is 1.37. The lowest BCUT2D eigenvalue weighted by atomic mass is 9.75. The van der Waals surface area contributed by atoms with Gasteiger partial charge in [-0.05, 0) is 59.8 Å². The summed E-state index contributed by atoms with van der Waals surface area (Å²) in [5.74, 6) is 2.18. The van der Waals surface area contributed by atoms with Gasteiger partial charge in [0.05, 0.1) is 0 Å². The molecule has 0 N–H and O–H groups in total. The van der Waals surface area contributed by atoms with E-state index in [-0.39, 0.29) is 0 Å². The molecular formula is C23H36S. The van der Waals surface area contributed by atoms with Gasteiger partial charge < -0.3 is 0 Å². The van der Waals surface area contributed by atoms with Crippen LogP contribution < -0.4 is 0 Å². The Bertz CT molecular complexity index is 527. The van der Waals surface area contributed by atoms with Gasteiger partial charge in [0, 0.05) is 5.92 Å². The maximum Gasteiger partial charge on any atom is 0.0124 e. The van der Waals surface area contributed by atoms with Crippen molar-refractivity contribution in [2.45, 2.75) is 72.6 Å². The van der Waals surface area contributed by atoms with Crippen molar-refractivity contribution in [1.82, 2.24) is 0 Å². The predicted molar refractivity (Wildman–Crippen MR) is 113 cm³/mol. The van der Waals surface area contributed by atoms with Crippen molar-refractivity contribution in [2.24, 2.45) is 5.92 Å². The molecule has 0 aliphatic heterocycles. The van der Waals surface area contributed by atoms with Crippen molar-refractivity contribution in [3.63, 3.8) is 0 Å². The molecule has 1 heteroatoms. The monoisotopic (exact) mass is 344 g/mol. The maximum absolute atomic E-state index is 4.48. The molecule has 0 saturated carbocycles. The van der Waals surface area contributed by atoms with Crippen LogP contribution >= 0.6 is 11.8 Å². The third kappa shape index (κ3) is 5.55. The topological polar surface area (TPSA) is 0 Å². The van der Waals surface area contributed by atoms with Crippen LogP contribution in [0.4, 0.5) is 0 Å². The zero-order valence-corrected chi connectivity index (χ0v) is 17.2. The molecule has 1 aromatic carbocycles. The largest absolute Gasteiger partial charge is 0.131 e. The zero-order chi connectivity index (χ0) is 17.9. The van der Waals surface area contributed by atoms with Crippen LogP contribution in [0.15, 0.2) is 47.4 Å². The lowest BCUT2D eigenvalue weighted by Gasteiger charge is -2.32. The molecule has 0 radical (unpaired) electrons. The van der Waals surface area contributed by atoms with E-state index < -0.39 is 0 Å². The van der Waals surface area contributed by atoms with E-state index in [1.54, 1.807) is 5.57 Å². The molecule has 0 aromatic heterocycles. The lowest BCUT2D eigenvalue weighted by Crippen LogP contribution is -2.17. The Balaban J connectivity index is 3.36. The zero-order valence-electron chi connectivity index (χ0n) is 16.4. The number of rotatable bonds is 11. The van der Waals surface area contributed by atoms with Gasteiger partial charge in [-0.2, -0.15) is 0 Å². The van der Waals surface area contributed by atoms with Crippen molar-refractivity contribution in [2.75, 3.05) is 5.75 Å². The first-order valence-electron chi connectivity index (χ1n) is 9.72. The van der Waals surface area contributed by atoms with Gasteiger partial charge in [0.1, 0.15) is 0 Å². The average molecular weight is 345 g/mol. The molecule has 0 spiro atoms. The Labute approximate surface area is 154 Å². The van der Waals surface area contributed by atoms with E-state index in [1.807, 2.05) is 11.8 Å². The maximum atomic E-state index is 4.48. The van der Waals surface area contributed by atoms with E-state index in [0.29, 0.717) is 11.8 Å². The molecule has 0 aliphatic rings. The van der Waals surface area contributed by atoms with Crippen LogP contribution in [0.1, 0.15) is 77.3 Å². The quantitative estimate of drug-likeness (QED) is 0.369. The van der Waals surface area contributed by atoms with Gasteiger partial charge in [0.25, 0.3) is 0 Å². The Hall–Kier alpha value is -0.950. The Morgan fingerprint density at radius 2 is 1.83 bits per heavy atom. The minimum Gasteiger partial charge on any atom is -0.131 e. The van der Waals surface area contributed by atoms with E-state index in [2.05, 4.69) is 71.5 Å². The molecule has 0 nitrogen and oxygen atoms in total. The summed E-state index contributed by atoms with van der Waals surface area (Å²) in [5, 5.41) is 0. The van der Waals surface area contributed by atoms with Gasteiger partial charge in [-0.15, -0.1) is 11.8 Å². The van der Waals surface area contributed by atoms with Crippen LogP contribution in [-0.4, -0.2) is 5.75 Å². The molecule has 0 amide bonds. The third-order valence-corrected chi connectivity index (χ3v) is 6.08. The highest BCUT2D eigenvalue weighted by Gasteiger charge is 2.28. The highest BCUT2D eigenvalue weighted by molar-refractivity contribution is 8.03. The fourth-order valence-corrected chi connectivity index (χ4v) is 4.56. The van der Waals surface area contributed by atoms with E-state index in [1.165, 1.54) is 28.2 Å². The first-order valence-corrected chi connectivity index (χ1v) is 10.7. The molecule has 2 atom stereocenters. The molecule has 1 aromatic rings. The van der Waals surface area contributed by atoms with Gasteiger partial charge in [0.15, 0.2) is 0 Å². The molecule has 0 fully saturated rings. The minimum atomic E-state index is 0.480. The smallest absolute Gasteiger partial charge is 0.0124 e. The van der Waals surface area contributed by atoms with Crippen molar-refractivity contribution >= 4 is 11.8 Å². The third-order valence-electron chi connectivity index (χ3n) is 4.79.